The highest BCUT2D eigenvalue weighted by atomic mass is 15.3. The topological polar surface area (TPSA) is 42.7 Å². The van der Waals surface area contributed by atoms with Crippen molar-refractivity contribution in [2.24, 2.45) is 5.92 Å². The largest absolute Gasteiger partial charge is 0.317 e. The second kappa shape index (κ2) is 5.85. The molecule has 1 heterocycles. The molecule has 0 amide bonds. The Kier molecular flexibility index (Phi) is 4.75. The lowest BCUT2D eigenvalue weighted by Gasteiger charge is -2.13. The molecule has 1 N–H and O–H groups in total. The van der Waals surface area contributed by atoms with Gasteiger partial charge in [0.15, 0.2) is 0 Å². The third-order valence-electron chi connectivity index (χ3n) is 2.41. The van der Waals surface area contributed by atoms with Gasteiger partial charge in [0.1, 0.15) is 12.2 Å². The van der Waals surface area contributed by atoms with Crippen LogP contribution in [0.3, 0.4) is 0 Å². The summed E-state index contributed by atoms with van der Waals surface area (Å²) < 4.78 is 2.00. The highest BCUT2D eigenvalue weighted by Crippen LogP contribution is 2.09. The minimum absolute atomic E-state index is 0.397. The van der Waals surface area contributed by atoms with Crippen molar-refractivity contribution in [2.75, 3.05) is 13.1 Å². The van der Waals surface area contributed by atoms with Crippen molar-refractivity contribution >= 4 is 0 Å². The first-order valence-electron chi connectivity index (χ1n) is 5.74. The van der Waals surface area contributed by atoms with Gasteiger partial charge in [0.2, 0.25) is 0 Å². The van der Waals surface area contributed by atoms with Gasteiger partial charge in [0.25, 0.3) is 0 Å². The van der Waals surface area contributed by atoms with Crippen LogP contribution in [0.15, 0.2) is 6.33 Å². The highest BCUT2D eigenvalue weighted by Gasteiger charge is 2.11. The van der Waals surface area contributed by atoms with Crippen molar-refractivity contribution in [3.8, 4) is 0 Å². The zero-order chi connectivity index (χ0) is 11.3. The summed E-state index contributed by atoms with van der Waals surface area (Å²) in [7, 11) is 0. The van der Waals surface area contributed by atoms with E-state index in [0.717, 1.165) is 25.3 Å². The Labute approximate surface area is 92.1 Å². The first-order valence-corrected chi connectivity index (χ1v) is 5.74. The molecule has 0 fully saturated rings. The molecule has 1 rings (SSSR count). The molecule has 0 spiro atoms. The van der Waals surface area contributed by atoms with Gasteiger partial charge in [-0.25, -0.2) is 9.67 Å². The Hall–Kier alpha value is -0.900. The Morgan fingerprint density at radius 1 is 1.40 bits per heavy atom. The van der Waals surface area contributed by atoms with Gasteiger partial charge < -0.3 is 5.32 Å². The monoisotopic (exact) mass is 210 g/mol. The Bertz CT molecular complexity index is 280. The van der Waals surface area contributed by atoms with Crippen LogP contribution in [0.4, 0.5) is 0 Å². The van der Waals surface area contributed by atoms with Crippen LogP contribution < -0.4 is 5.32 Å². The summed E-state index contributed by atoms with van der Waals surface area (Å²) in [5.41, 5.74) is 0. The predicted molar refractivity (Wildman–Crippen MR) is 61.8 cm³/mol. The van der Waals surface area contributed by atoms with Crippen LogP contribution >= 0.6 is 0 Å². The van der Waals surface area contributed by atoms with Crippen LogP contribution in [0.1, 0.15) is 39.6 Å². The maximum Gasteiger partial charge on any atom is 0.138 e. The van der Waals surface area contributed by atoms with Crippen LogP contribution in [0.25, 0.3) is 0 Å². The Morgan fingerprint density at radius 2 is 2.13 bits per heavy atom. The van der Waals surface area contributed by atoms with E-state index in [2.05, 4.69) is 43.1 Å². The summed E-state index contributed by atoms with van der Waals surface area (Å²) in [5, 5.41) is 7.59. The van der Waals surface area contributed by atoms with E-state index in [0.29, 0.717) is 12.0 Å². The molecule has 1 aromatic rings. The van der Waals surface area contributed by atoms with E-state index in [1.807, 2.05) is 4.68 Å². The van der Waals surface area contributed by atoms with E-state index in [4.69, 9.17) is 0 Å². The molecule has 0 saturated heterocycles. The second-order valence-corrected chi connectivity index (χ2v) is 4.33. The van der Waals surface area contributed by atoms with Crippen LogP contribution in [0, 0.1) is 5.92 Å². The second-order valence-electron chi connectivity index (χ2n) is 4.33. The summed E-state index contributed by atoms with van der Waals surface area (Å²) in [6.45, 7) is 10.7. The summed E-state index contributed by atoms with van der Waals surface area (Å²) in [4.78, 5) is 4.31. The number of hydrogen-bond donors (Lipinski definition) is 1. The molecule has 0 bridgehead atoms. The van der Waals surface area contributed by atoms with Crippen molar-refractivity contribution in [3.05, 3.63) is 12.2 Å². The molecular formula is C11H22N4. The first-order chi connectivity index (χ1) is 7.15. The van der Waals surface area contributed by atoms with Crippen LogP contribution in [0.5, 0.6) is 0 Å². The van der Waals surface area contributed by atoms with E-state index in [-0.39, 0.29) is 0 Å². The number of nitrogens with one attached hydrogen (secondary N) is 1. The Balaban J connectivity index is 2.52. The minimum atomic E-state index is 0.397. The molecule has 0 radical (unpaired) electrons. The van der Waals surface area contributed by atoms with Crippen LogP contribution in [-0.4, -0.2) is 27.9 Å². The molecule has 0 saturated carbocycles. The third-order valence-corrected chi connectivity index (χ3v) is 2.41. The fourth-order valence-electron chi connectivity index (χ4n) is 1.63. The third kappa shape index (κ3) is 3.63. The minimum Gasteiger partial charge on any atom is -0.317 e. The smallest absolute Gasteiger partial charge is 0.138 e. The van der Waals surface area contributed by atoms with Crippen LogP contribution in [0.2, 0.25) is 0 Å². The van der Waals surface area contributed by atoms with Crippen molar-refractivity contribution in [3.63, 3.8) is 0 Å². The van der Waals surface area contributed by atoms with E-state index >= 15 is 0 Å². The molecular weight excluding hydrogens is 188 g/mol. The van der Waals surface area contributed by atoms with Gasteiger partial charge in [0, 0.05) is 12.5 Å². The highest BCUT2D eigenvalue weighted by molar-refractivity contribution is 4.88. The van der Waals surface area contributed by atoms with E-state index in [9.17, 15) is 0 Å². The zero-order valence-corrected chi connectivity index (χ0v) is 10.2. The number of rotatable bonds is 6. The summed E-state index contributed by atoms with van der Waals surface area (Å²) in [6, 6.07) is 0.397. The van der Waals surface area contributed by atoms with Crippen LogP contribution in [-0.2, 0) is 6.42 Å². The number of aromatic nitrogens is 3. The molecule has 4 heteroatoms. The van der Waals surface area contributed by atoms with Gasteiger partial charge in [-0.1, -0.05) is 13.8 Å². The molecule has 0 aliphatic heterocycles. The van der Waals surface area contributed by atoms with Gasteiger partial charge in [-0.05, 0) is 32.9 Å². The van der Waals surface area contributed by atoms with Crippen molar-refractivity contribution < 1.29 is 0 Å². The zero-order valence-electron chi connectivity index (χ0n) is 10.2. The SMILES string of the molecule is CCNCC(C)Cc1ncnn1C(C)C. The first kappa shape index (κ1) is 12.2. The molecule has 0 aromatic carbocycles. The molecule has 1 atom stereocenters. The lowest BCUT2D eigenvalue weighted by Crippen LogP contribution is -2.23. The van der Waals surface area contributed by atoms with Gasteiger partial charge in [-0.3, -0.25) is 0 Å². The summed E-state index contributed by atoms with van der Waals surface area (Å²) in [6.07, 6.45) is 2.64. The molecule has 15 heavy (non-hydrogen) atoms. The average Bonchev–Trinajstić information content (AvgIpc) is 2.62. The summed E-state index contributed by atoms with van der Waals surface area (Å²) >= 11 is 0. The maximum atomic E-state index is 4.31. The average molecular weight is 210 g/mol. The Morgan fingerprint density at radius 3 is 2.73 bits per heavy atom. The van der Waals surface area contributed by atoms with E-state index in [1.165, 1.54) is 0 Å². The van der Waals surface area contributed by atoms with Gasteiger partial charge in [0.05, 0.1) is 0 Å². The lowest BCUT2D eigenvalue weighted by atomic mass is 10.1. The fourth-order valence-corrected chi connectivity index (χ4v) is 1.63. The maximum absolute atomic E-state index is 4.31. The van der Waals surface area contributed by atoms with Crippen molar-refractivity contribution in [2.45, 2.75) is 40.2 Å². The van der Waals surface area contributed by atoms with Gasteiger partial charge in [-0.2, -0.15) is 5.10 Å². The molecule has 0 aliphatic carbocycles. The molecule has 1 aromatic heterocycles. The molecule has 1 unspecified atom stereocenters. The predicted octanol–water partition coefficient (Wildman–Crippen LogP) is 1.65. The number of hydrogen-bond acceptors (Lipinski definition) is 3. The van der Waals surface area contributed by atoms with Gasteiger partial charge >= 0.3 is 0 Å². The van der Waals surface area contributed by atoms with Crippen molar-refractivity contribution in [1.82, 2.24) is 20.1 Å². The van der Waals surface area contributed by atoms with Gasteiger partial charge in [-0.15, -0.1) is 0 Å². The molecule has 4 nitrogen and oxygen atoms in total. The van der Waals surface area contributed by atoms with E-state index in [1.54, 1.807) is 6.33 Å². The fraction of sp³-hybridized carbons (Fsp3) is 0.818. The lowest BCUT2D eigenvalue weighted by molar-refractivity contribution is 0.457. The molecule has 0 aliphatic rings. The summed E-state index contributed by atoms with van der Waals surface area (Å²) in [5.74, 6) is 1.70. The standard InChI is InChI=1S/C11H22N4/c1-5-12-7-10(4)6-11-13-8-14-15(11)9(2)3/h8-10,12H,5-7H2,1-4H3. The number of nitrogens with zero attached hydrogens (tertiary/aromatic N) is 3. The quantitative estimate of drug-likeness (QED) is 0.776. The van der Waals surface area contributed by atoms with Crippen molar-refractivity contribution in [1.29, 1.82) is 0 Å². The normalized spacial score (nSPS) is 13.4. The van der Waals surface area contributed by atoms with E-state index < -0.39 is 0 Å². The molecule has 86 valence electrons.